The Morgan fingerprint density at radius 3 is 2.38 bits per heavy atom. The second-order valence-electron chi connectivity index (χ2n) is 2.66. The van der Waals surface area contributed by atoms with Gasteiger partial charge < -0.3 is 0 Å². The summed E-state index contributed by atoms with van der Waals surface area (Å²) in [6, 6.07) is 9.41. The van der Waals surface area contributed by atoms with E-state index in [0.29, 0.717) is 6.54 Å². The topological polar surface area (TPSA) is 74.3 Å². The highest BCUT2D eigenvalue weighted by Crippen LogP contribution is 1.97. The van der Waals surface area contributed by atoms with Crippen LogP contribution in [-0.4, -0.2) is 14.3 Å². The van der Waals surface area contributed by atoms with E-state index in [9.17, 15) is 8.42 Å². The van der Waals surface area contributed by atoms with E-state index >= 15 is 0 Å². The van der Waals surface area contributed by atoms with Gasteiger partial charge in [0, 0.05) is 6.54 Å². The molecule has 13 heavy (non-hydrogen) atoms. The van der Waals surface area contributed by atoms with Crippen molar-refractivity contribution >= 4 is 10.0 Å². The van der Waals surface area contributed by atoms with Gasteiger partial charge in [-0.15, -0.1) is 0 Å². The lowest BCUT2D eigenvalue weighted by Gasteiger charge is -2.00. The maximum atomic E-state index is 10.5. The molecule has 2 N–H and O–H groups in total. The summed E-state index contributed by atoms with van der Waals surface area (Å²) in [6.45, 7) is 0.386. The highest BCUT2D eigenvalue weighted by atomic mass is 32.2. The molecule has 5 heteroatoms. The van der Waals surface area contributed by atoms with E-state index in [1.54, 1.807) is 0 Å². The van der Waals surface area contributed by atoms with Crippen LogP contribution in [0.5, 0.6) is 0 Å². The van der Waals surface area contributed by atoms with Crippen molar-refractivity contribution in [3.05, 3.63) is 35.9 Å². The Hall–Kier alpha value is -0.910. The third-order valence-corrected chi connectivity index (χ3v) is 1.95. The molecule has 71 valence electrons. The summed E-state index contributed by atoms with van der Waals surface area (Å²) in [7, 11) is -3.46. The van der Waals surface area contributed by atoms with E-state index in [0.717, 1.165) is 5.56 Å². The number of rotatable bonds is 4. The van der Waals surface area contributed by atoms with Crippen molar-refractivity contribution in [1.29, 1.82) is 0 Å². The van der Waals surface area contributed by atoms with Gasteiger partial charge in [-0.2, -0.15) is 0 Å². The van der Waals surface area contributed by atoms with Gasteiger partial charge in [0.1, 0.15) is 5.88 Å². The molecule has 0 aliphatic carbocycles. The molecule has 0 atom stereocenters. The fraction of sp³-hybridized carbons (Fsp3) is 0.250. The minimum Gasteiger partial charge on any atom is -0.228 e. The first kappa shape index (κ1) is 10.2. The quantitative estimate of drug-likeness (QED) is 0.743. The van der Waals surface area contributed by atoms with Gasteiger partial charge in [-0.3, -0.25) is 0 Å². The van der Waals surface area contributed by atoms with Crippen molar-refractivity contribution in [2.75, 3.05) is 5.88 Å². The summed E-state index contributed by atoms with van der Waals surface area (Å²) >= 11 is 0. The minimum atomic E-state index is -3.46. The molecule has 0 aromatic heterocycles. The van der Waals surface area contributed by atoms with Crippen molar-refractivity contribution < 1.29 is 8.42 Å². The summed E-state index contributed by atoms with van der Waals surface area (Å²) in [5, 5.41) is 8.58. The van der Waals surface area contributed by atoms with Crippen molar-refractivity contribution in [1.82, 2.24) is 5.32 Å². The molecule has 4 nitrogen and oxygen atoms in total. The number of benzene rings is 1. The largest absolute Gasteiger partial charge is 0.228 e. The lowest BCUT2D eigenvalue weighted by atomic mass is 10.2. The van der Waals surface area contributed by atoms with Gasteiger partial charge in [0.2, 0.25) is 10.0 Å². The number of sulfonamides is 1. The van der Waals surface area contributed by atoms with Gasteiger partial charge in [-0.05, 0) is 5.56 Å². The smallest absolute Gasteiger partial charge is 0.223 e. The zero-order valence-electron chi connectivity index (χ0n) is 7.05. The van der Waals surface area contributed by atoms with Crippen LogP contribution in [0.2, 0.25) is 0 Å². The first-order valence-electron chi connectivity index (χ1n) is 3.75. The standard InChI is InChI=1S/C8H11N2O2S/c9-13(11,12)7-10-6-8-4-2-1-3-5-8/h1-5H,6-7H2,(H2,9,11,12). The van der Waals surface area contributed by atoms with Gasteiger partial charge in [-0.25, -0.2) is 18.9 Å². The highest BCUT2D eigenvalue weighted by Gasteiger charge is 2.01. The average molecular weight is 199 g/mol. The normalized spacial score (nSPS) is 11.5. The van der Waals surface area contributed by atoms with Crippen LogP contribution in [0.1, 0.15) is 5.56 Å². The van der Waals surface area contributed by atoms with E-state index in [1.807, 2.05) is 30.3 Å². The summed E-state index contributed by atoms with van der Waals surface area (Å²) in [6.07, 6.45) is 0. The Morgan fingerprint density at radius 2 is 1.85 bits per heavy atom. The second-order valence-corrected chi connectivity index (χ2v) is 4.24. The lowest BCUT2D eigenvalue weighted by molar-refractivity contribution is 0.587. The molecule has 0 amide bonds. The monoisotopic (exact) mass is 199 g/mol. The van der Waals surface area contributed by atoms with Crippen molar-refractivity contribution in [2.24, 2.45) is 5.14 Å². The first-order chi connectivity index (χ1) is 6.08. The van der Waals surface area contributed by atoms with Gasteiger partial charge in [0.05, 0.1) is 0 Å². The minimum absolute atomic E-state index is 0.318. The third kappa shape index (κ3) is 4.62. The van der Waals surface area contributed by atoms with Crippen LogP contribution in [-0.2, 0) is 16.6 Å². The first-order valence-corrected chi connectivity index (χ1v) is 5.47. The van der Waals surface area contributed by atoms with Gasteiger partial charge in [-0.1, -0.05) is 30.3 Å². The summed E-state index contributed by atoms with van der Waals surface area (Å²) in [5.74, 6) is -0.318. The fourth-order valence-electron chi connectivity index (χ4n) is 0.885. The third-order valence-electron chi connectivity index (χ3n) is 1.41. The molecule has 0 bridgehead atoms. The van der Waals surface area contributed by atoms with Crippen LogP contribution in [0.4, 0.5) is 0 Å². The van der Waals surface area contributed by atoms with Crippen molar-refractivity contribution in [3.8, 4) is 0 Å². The lowest BCUT2D eigenvalue weighted by Crippen LogP contribution is -2.23. The van der Waals surface area contributed by atoms with Gasteiger partial charge >= 0.3 is 0 Å². The Balaban J connectivity index is 2.37. The maximum absolute atomic E-state index is 10.5. The Bertz CT molecular complexity index is 348. The van der Waals surface area contributed by atoms with E-state index in [4.69, 9.17) is 5.14 Å². The molecule has 0 unspecified atom stereocenters. The van der Waals surface area contributed by atoms with Crippen molar-refractivity contribution in [3.63, 3.8) is 0 Å². The molecule has 1 radical (unpaired) electrons. The molecule has 1 rings (SSSR count). The maximum Gasteiger partial charge on any atom is 0.223 e. The van der Waals surface area contributed by atoms with Gasteiger partial charge in [0.25, 0.3) is 0 Å². The Kier molecular flexibility index (Phi) is 3.41. The highest BCUT2D eigenvalue weighted by molar-refractivity contribution is 7.89. The van der Waals surface area contributed by atoms with Crippen LogP contribution in [0.3, 0.4) is 0 Å². The van der Waals surface area contributed by atoms with Crippen LogP contribution in [0, 0.1) is 0 Å². The van der Waals surface area contributed by atoms with E-state index < -0.39 is 10.0 Å². The molecule has 0 aliphatic rings. The molecular weight excluding hydrogens is 188 g/mol. The second kappa shape index (κ2) is 4.36. The van der Waals surface area contributed by atoms with Gasteiger partial charge in [0.15, 0.2) is 0 Å². The molecule has 0 heterocycles. The molecule has 0 fully saturated rings. The van der Waals surface area contributed by atoms with Crippen molar-refractivity contribution in [2.45, 2.75) is 6.54 Å². The summed E-state index contributed by atoms with van der Waals surface area (Å²) in [4.78, 5) is 0. The molecule has 0 aliphatic heterocycles. The molecule has 0 spiro atoms. The Morgan fingerprint density at radius 1 is 1.23 bits per heavy atom. The van der Waals surface area contributed by atoms with Crippen LogP contribution >= 0.6 is 0 Å². The number of hydrogen-bond donors (Lipinski definition) is 1. The zero-order valence-corrected chi connectivity index (χ0v) is 7.87. The van der Waals surface area contributed by atoms with E-state index in [2.05, 4.69) is 5.32 Å². The summed E-state index contributed by atoms with van der Waals surface area (Å²) < 4.78 is 21.0. The number of hydrogen-bond acceptors (Lipinski definition) is 2. The number of nitrogens with zero attached hydrogens (tertiary/aromatic N) is 1. The SMILES string of the molecule is NS(=O)(=O)C[N]Cc1ccccc1. The predicted octanol–water partition coefficient (Wildman–Crippen LogP) is 0.0370. The summed E-state index contributed by atoms with van der Waals surface area (Å²) in [5.41, 5.74) is 0.978. The molecule has 0 saturated carbocycles. The zero-order chi connectivity index (χ0) is 9.73. The predicted molar refractivity (Wildman–Crippen MR) is 50.3 cm³/mol. The number of nitrogens with two attached hydrogens (primary N) is 1. The Labute approximate surface area is 77.8 Å². The molecule has 0 saturated heterocycles. The van der Waals surface area contributed by atoms with Crippen LogP contribution < -0.4 is 10.5 Å². The average Bonchev–Trinajstić information content (AvgIpc) is 2.04. The van der Waals surface area contributed by atoms with E-state index in [-0.39, 0.29) is 5.88 Å². The number of primary sulfonamides is 1. The molecule has 1 aromatic carbocycles. The van der Waals surface area contributed by atoms with E-state index in [1.165, 1.54) is 0 Å². The van der Waals surface area contributed by atoms with Crippen LogP contribution in [0.25, 0.3) is 0 Å². The molecular formula is C8H11N2O2S. The van der Waals surface area contributed by atoms with Crippen LogP contribution in [0.15, 0.2) is 30.3 Å². The fourth-order valence-corrected chi connectivity index (χ4v) is 1.23. The molecule has 1 aromatic rings.